The molecule has 0 heterocycles. The third-order valence-corrected chi connectivity index (χ3v) is 3.54. The molecule has 140 valence electrons. The smallest absolute Gasteiger partial charge is 0.251 e. The first-order valence-electron chi connectivity index (χ1n) is 8.53. The second-order valence-electron chi connectivity index (χ2n) is 5.41. The molecule has 0 aliphatic carbocycles. The number of rotatable bonds is 11. The first-order valence-corrected chi connectivity index (χ1v) is 8.53. The molecule has 1 rings (SSSR count). The highest BCUT2D eigenvalue weighted by Crippen LogP contribution is 2.05. The molecule has 0 aliphatic rings. The van der Waals surface area contributed by atoms with Crippen LogP contribution >= 0.6 is 0 Å². The summed E-state index contributed by atoms with van der Waals surface area (Å²) < 4.78 is 10.3. The van der Waals surface area contributed by atoms with E-state index in [4.69, 9.17) is 9.47 Å². The summed E-state index contributed by atoms with van der Waals surface area (Å²) in [6.45, 7) is 3.47. The predicted octanol–water partition coefficient (Wildman–Crippen LogP) is 0.807. The van der Waals surface area contributed by atoms with Crippen molar-refractivity contribution in [2.45, 2.75) is 12.8 Å². The summed E-state index contributed by atoms with van der Waals surface area (Å²) in [5, 5.41) is 9.15. The van der Waals surface area contributed by atoms with E-state index in [1.807, 2.05) is 24.3 Å². The monoisotopic (exact) mass is 350 g/mol. The van der Waals surface area contributed by atoms with E-state index in [0.29, 0.717) is 25.4 Å². The second-order valence-corrected chi connectivity index (χ2v) is 5.41. The minimum atomic E-state index is -0.0694. The average Bonchev–Trinajstić information content (AvgIpc) is 2.65. The molecule has 0 aromatic heterocycles. The molecule has 0 atom stereocenters. The lowest BCUT2D eigenvalue weighted by molar-refractivity contribution is 0.0698. The molecule has 25 heavy (non-hydrogen) atoms. The van der Waals surface area contributed by atoms with Gasteiger partial charge in [-0.25, -0.2) is 0 Å². The van der Waals surface area contributed by atoms with Gasteiger partial charge in [0.2, 0.25) is 0 Å². The van der Waals surface area contributed by atoms with Gasteiger partial charge in [0.25, 0.3) is 5.91 Å². The van der Waals surface area contributed by atoms with Crippen LogP contribution in [0.5, 0.6) is 0 Å². The number of hydrogen-bond acceptors (Lipinski definition) is 4. The Kier molecular flexibility index (Phi) is 11.0. The van der Waals surface area contributed by atoms with Crippen LogP contribution in [-0.2, 0) is 15.9 Å². The number of methoxy groups -OCH3 is 1. The maximum absolute atomic E-state index is 11.7. The molecule has 0 saturated heterocycles. The zero-order chi connectivity index (χ0) is 18.3. The highest BCUT2D eigenvalue weighted by molar-refractivity contribution is 5.94. The standard InChI is InChI=1S/C18H30N4O3/c1-19-17(23)16-7-4-6-15(14-16)8-10-22-18(20-2)21-9-5-11-25-13-12-24-3/h4,6-7,14H,5,8-13H2,1-3H3,(H,19,23)(H2,20,21,22). The van der Waals surface area contributed by atoms with E-state index in [2.05, 4.69) is 20.9 Å². The lowest BCUT2D eigenvalue weighted by atomic mass is 10.1. The van der Waals surface area contributed by atoms with E-state index < -0.39 is 0 Å². The van der Waals surface area contributed by atoms with Crippen molar-refractivity contribution >= 4 is 11.9 Å². The highest BCUT2D eigenvalue weighted by Gasteiger charge is 2.04. The van der Waals surface area contributed by atoms with Gasteiger partial charge in [0.05, 0.1) is 13.2 Å². The Morgan fingerprint density at radius 2 is 1.96 bits per heavy atom. The number of carbonyl (C=O) groups excluding carboxylic acids is 1. The molecule has 0 saturated carbocycles. The molecule has 0 fully saturated rings. The molecule has 0 bridgehead atoms. The number of hydrogen-bond donors (Lipinski definition) is 3. The molecule has 0 radical (unpaired) electrons. The SMILES string of the molecule is CN=C(NCCCOCCOC)NCCc1cccc(C(=O)NC)c1. The Balaban J connectivity index is 2.23. The summed E-state index contributed by atoms with van der Waals surface area (Å²) in [6.07, 6.45) is 1.71. The van der Waals surface area contributed by atoms with Gasteiger partial charge in [-0.1, -0.05) is 12.1 Å². The number of nitrogens with zero attached hydrogens (tertiary/aromatic N) is 1. The van der Waals surface area contributed by atoms with E-state index in [9.17, 15) is 4.79 Å². The van der Waals surface area contributed by atoms with Gasteiger partial charge in [-0.2, -0.15) is 0 Å². The van der Waals surface area contributed by atoms with Gasteiger partial charge in [0, 0.05) is 46.5 Å². The lowest BCUT2D eigenvalue weighted by Gasteiger charge is -2.12. The number of benzene rings is 1. The van der Waals surface area contributed by atoms with Gasteiger partial charge in [-0.15, -0.1) is 0 Å². The van der Waals surface area contributed by atoms with Crippen molar-refractivity contribution in [1.82, 2.24) is 16.0 Å². The summed E-state index contributed by atoms with van der Waals surface area (Å²) in [4.78, 5) is 15.8. The molecule has 0 aliphatic heterocycles. The number of nitrogens with one attached hydrogen (secondary N) is 3. The van der Waals surface area contributed by atoms with Crippen LogP contribution < -0.4 is 16.0 Å². The van der Waals surface area contributed by atoms with Crippen LogP contribution in [0.1, 0.15) is 22.3 Å². The molecular weight excluding hydrogens is 320 g/mol. The molecule has 7 nitrogen and oxygen atoms in total. The number of guanidine groups is 1. The van der Waals surface area contributed by atoms with Crippen molar-refractivity contribution in [3.05, 3.63) is 35.4 Å². The highest BCUT2D eigenvalue weighted by atomic mass is 16.5. The van der Waals surface area contributed by atoms with Gasteiger partial charge in [-0.05, 0) is 30.5 Å². The molecule has 7 heteroatoms. The molecule has 0 unspecified atom stereocenters. The fourth-order valence-corrected chi connectivity index (χ4v) is 2.18. The first-order chi connectivity index (χ1) is 12.2. The predicted molar refractivity (Wildman–Crippen MR) is 100 cm³/mol. The quantitative estimate of drug-likeness (QED) is 0.312. The van der Waals surface area contributed by atoms with Gasteiger partial charge >= 0.3 is 0 Å². The minimum Gasteiger partial charge on any atom is -0.382 e. The Morgan fingerprint density at radius 3 is 2.68 bits per heavy atom. The summed E-state index contributed by atoms with van der Waals surface area (Å²) in [7, 11) is 5.04. The zero-order valence-corrected chi connectivity index (χ0v) is 15.4. The van der Waals surface area contributed by atoms with Crippen molar-refractivity contribution in [3.8, 4) is 0 Å². The van der Waals surface area contributed by atoms with Crippen LogP contribution in [0.25, 0.3) is 0 Å². The summed E-state index contributed by atoms with van der Waals surface area (Å²) >= 11 is 0. The Labute approximate surface area is 150 Å². The molecule has 1 aromatic rings. The molecular formula is C18H30N4O3. The lowest BCUT2D eigenvalue weighted by Crippen LogP contribution is -2.39. The summed E-state index contributed by atoms with van der Waals surface area (Å²) in [6, 6.07) is 7.64. The Morgan fingerprint density at radius 1 is 1.16 bits per heavy atom. The number of carbonyl (C=O) groups is 1. The first kappa shape index (κ1) is 20.9. The van der Waals surface area contributed by atoms with E-state index in [0.717, 1.165) is 37.5 Å². The van der Waals surface area contributed by atoms with Crippen molar-refractivity contribution < 1.29 is 14.3 Å². The van der Waals surface area contributed by atoms with Crippen LogP contribution in [0.4, 0.5) is 0 Å². The van der Waals surface area contributed by atoms with E-state index >= 15 is 0 Å². The normalized spacial score (nSPS) is 11.2. The Hall–Kier alpha value is -2.12. The van der Waals surface area contributed by atoms with Crippen LogP contribution in [0, 0.1) is 0 Å². The topological polar surface area (TPSA) is 84.0 Å². The van der Waals surface area contributed by atoms with Crippen molar-refractivity contribution in [3.63, 3.8) is 0 Å². The zero-order valence-electron chi connectivity index (χ0n) is 15.4. The number of ether oxygens (including phenoxy) is 2. The third-order valence-electron chi connectivity index (χ3n) is 3.54. The van der Waals surface area contributed by atoms with E-state index in [1.54, 1.807) is 21.2 Å². The van der Waals surface area contributed by atoms with E-state index in [-0.39, 0.29) is 5.91 Å². The maximum atomic E-state index is 11.7. The molecule has 1 aromatic carbocycles. The fraction of sp³-hybridized carbons (Fsp3) is 0.556. The number of aliphatic imine (C=N–C) groups is 1. The Bertz CT molecular complexity index is 535. The molecule has 3 N–H and O–H groups in total. The largest absolute Gasteiger partial charge is 0.382 e. The summed E-state index contributed by atoms with van der Waals surface area (Å²) in [5.74, 6) is 0.694. The van der Waals surface area contributed by atoms with Crippen molar-refractivity contribution in [2.75, 3.05) is 54.1 Å². The van der Waals surface area contributed by atoms with Crippen molar-refractivity contribution in [1.29, 1.82) is 0 Å². The molecule has 1 amide bonds. The average molecular weight is 350 g/mol. The van der Waals surface area contributed by atoms with Crippen LogP contribution in [0.2, 0.25) is 0 Å². The maximum Gasteiger partial charge on any atom is 0.251 e. The van der Waals surface area contributed by atoms with Crippen LogP contribution in [-0.4, -0.2) is 66.0 Å². The van der Waals surface area contributed by atoms with Crippen molar-refractivity contribution in [2.24, 2.45) is 4.99 Å². The summed E-state index contributed by atoms with van der Waals surface area (Å²) in [5.41, 5.74) is 1.78. The van der Waals surface area contributed by atoms with Gasteiger partial charge < -0.3 is 25.4 Å². The van der Waals surface area contributed by atoms with Crippen LogP contribution in [0.3, 0.4) is 0 Å². The van der Waals surface area contributed by atoms with Gasteiger partial charge in [-0.3, -0.25) is 9.79 Å². The van der Waals surface area contributed by atoms with Gasteiger partial charge in [0.15, 0.2) is 5.96 Å². The molecule has 0 spiro atoms. The minimum absolute atomic E-state index is 0.0694. The second kappa shape index (κ2) is 13.2. The van der Waals surface area contributed by atoms with Gasteiger partial charge in [0.1, 0.15) is 0 Å². The van der Waals surface area contributed by atoms with E-state index in [1.165, 1.54) is 0 Å². The van der Waals surface area contributed by atoms with Crippen LogP contribution in [0.15, 0.2) is 29.3 Å². The third kappa shape index (κ3) is 9.07. The fourth-order valence-electron chi connectivity index (χ4n) is 2.18. The number of amides is 1.